The first-order valence-corrected chi connectivity index (χ1v) is 11.0. The summed E-state index contributed by atoms with van der Waals surface area (Å²) in [5.74, 6) is -0.260. The molecule has 2 rings (SSSR count). The number of amides is 1. The van der Waals surface area contributed by atoms with Crippen molar-refractivity contribution in [3.63, 3.8) is 0 Å². The second kappa shape index (κ2) is 8.61. The Morgan fingerprint density at radius 3 is 1.59 bits per heavy atom. The van der Waals surface area contributed by atoms with Gasteiger partial charge in [0.05, 0.1) is 9.79 Å². The molecule has 0 aliphatic carbocycles. The molecule has 0 unspecified atom stereocenters. The van der Waals surface area contributed by atoms with E-state index in [2.05, 4.69) is 14.8 Å². The molecule has 27 heavy (non-hydrogen) atoms. The highest BCUT2D eigenvalue weighted by molar-refractivity contribution is 7.89. The molecule has 0 aromatic heterocycles. The van der Waals surface area contributed by atoms with Crippen LogP contribution in [0.15, 0.2) is 58.3 Å². The lowest BCUT2D eigenvalue weighted by molar-refractivity contribution is -0.114. The normalized spacial score (nSPS) is 11.9. The Kier molecular flexibility index (Phi) is 6.71. The molecule has 1 amide bonds. The first kappa shape index (κ1) is 21.0. The monoisotopic (exact) mass is 411 g/mol. The molecule has 2 aromatic carbocycles. The maximum absolute atomic E-state index is 12.2. The lowest BCUT2D eigenvalue weighted by Gasteiger charge is -2.10. The maximum atomic E-state index is 12.2. The molecule has 0 aliphatic heterocycles. The SMILES string of the molecule is CC(=O)Nc1ccc(S(=O)(=O)NCCNS(=O)(=O)c2ccc(C)cc2)cc1. The first-order chi connectivity index (χ1) is 12.6. The van der Waals surface area contributed by atoms with Gasteiger partial charge in [-0.25, -0.2) is 26.3 Å². The number of rotatable bonds is 8. The van der Waals surface area contributed by atoms with Crippen molar-refractivity contribution >= 4 is 31.6 Å². The summed E-state index contributed by atoms with van der Waals surface area (Å²) in [6, 6.07) is 12.0. The van der Waals surface area contributed by atoms with Gasteiger partial charge in [-0.05, 0) is 43.3 Å². The Hall–Kier alpha value is -2.27. The van der Waals surface area contributed by atoms with E-state index in [0.29, 0.717) is 5.69 Å². The highest BCUT2D eigenvalue weighted by Crippen LogP contribution is 2.14. The van der Waals surface area contributed by atoms with Crippen molar-refractivity contribution in [3.05, 3.63) is 54.1 Å². The van der Waals surface area contributed by atoms with E-state index in [0.717, 1.165) is 5.56 Å². The van der Waals surface area contributed by atoms with Gasteiger partial charge in [0.2, 0.25) is 26.0 Å². The zero-order chi connectivity index (χ0) is 20.1. The Morgan fingerprint density at radius 1 is 0.778 bits per heavy atom. The van der Waals surface area contributed by atoms with E-state index in [1.165, 1.54) is 43.3 Å². The summed E-state index contributed by atoms with van der Waals surface area (Å²) in [5.41, 5.74) is 1.42. The molecule has 2 aromatic rings. The lowest BCUT2D eigenvalue weighted by Crippen LogP contribution is -2.34. The summed E-state index contributed by atoms with van der Waals surface area (Å²) in [5, 5.41) is 2.54. The van der Waals surface area contributed by atoms with Crippen molar-refractivity contribution in [3.8, 4) is 0 Å². The number of sulfonamides is 2. The zero-order valence-electron chi connectivity index (χ0n) is 14.9. The van der Waals surface area contributed by atoms with E-state index in [9.17, 15) is 21.6 Å². The van der Waals surface area contributed by atoms with Gasteiger partial charge in [0.15, 0.2) is 0 Å². The van der Waals surface area contributed by atoms with Crippen LogP contribution in [0.1, 0.15) is 12.5 Å². The number of anilines is 1. The number of nitrogens with one attached hydrogen (secondary N) is 3. The number of carbonyl (C=O) groups is 1. The van der Waals surface area contributed by atoms with E-state index in [-0.39, 0.29) is 28.8 Å². The number of benzene rings is 2. The average molecular weight is 412 g/mol. The first-order valence-electron chi connectivity index (χ1n) is 8.04. The molecule has 0 bridgehead atoms. The van der Waals surface area contributed by atoms with Crippen molar-refractivity contribution in [2.45, 2.75) is 23.6 Å². The summed E-state index contributed by atoms with van der Waals surface area (Å²) in [6.07, 6.45) is 0. The van der Waals surface area contributed by atoms with Crippen LogP contribution < -0.4 is 14.8 Å². The van der Waals surface area contributed by atoms with Crippen LogP contribution in [0.25, 0.3) is 0 Å². The standard InChI is InChI=1S/C17H21N3O5S2/c1-13-3-7-16(8-4-13)26(22,23)18-11-12-19-27(24,25)17-9-5-15(6-10-17)20-14(2)21/h3-10,18-19H,11-12H2,1-2H3,(H,20,21). The molecule has 0 heterocycles. The Labute approximate surface area is 159 Å². The second-order valence-electron chi connectivity index (χ2n) is 5.81. The quantitative estimate of drug-likeness (QED) is 0.564. The Bertz CT molecular complexity index is 1000. The summed E-state index contributed by atoms with van der Waals surface area (Å²) in [6.45, 7) is 2.99. The maximum Gasteiger partial charge on any atom is 0.240 e. The predicted molar refractivity (Wildman–Crippen MR) is 102 cm³/mol. The molecule has 0 radical (unpaired) electrons. The Morgan fingerprint density at radius 2 is 1.19 bits per heavy atom. The molecule has 10 heteroatoms. The average Bonchev–Trinajstić information content (AvgIpc) is 2.59. The Balaban J connectivity index is 1.91. The lowest BCUT2D eigenvalue weighted by atomic mass is 10.2. The molecular formula is C17H21N3O5S2. The number of carbonyl (C=O) groups excluding carboxylic acids is 1. The molecule has 3 N–H and O–H groups in total. The van der Waals surface area contributed by atoms with Crippen LogP contribution in [0.2, 0.25) is 0 Å². The second-order valence-corrected chi connectivity index (χ2v) is 9.35. The van der Waals surface area contributed by atoms with Gasteiger partial charge in [0.1, 0.15) is 0 Å². The van der Waals surface area contributed by atoms with Crippen LogP contribution in [-0.4, -0.2) is 35.8 Å². The van der Waals surface area contributed by atoms with Gasteiger partial charge < -0.3 is 5.32 Å². The molecule has 0 atom stereocenters. The van der Waals surface area contributed by atoms with Crippen molar-refractivity contribution < 1.29 is 21.6 Å². The third-order valence-electron chi connectivity index (χ3n) is 3.53. The fourth-order valence-corrected chi connectivity index (χ4v) is 4.24. The van der Waals surface area contributed by atoms with Crippen LogP contribution >= 0.6 is 0 Å². The predicted octanol–water partition coefficient (Wildman–Crippen LogP) is 1.21. The van der Waals surface area contributed by atoms with E-state index in [4.69, 9.17) is 0 Å². The number of hydrogen-bond donors (Lipinski definition) is 3. The third kappa shape index (κ3) is 6.14. The molecule has 8 nitrogen and oxygen atoms in total. The van der Waals surface area contributed by atoms with Gasteiger partial charge in [-0.3, -0.25) is 4.79 Å². The van der Waals surface area contributed by atoms with Crippen molar-refractivity contribution in [2.75, 3.05) is 18.4 Å². The third-order valence-corrected chi connectivity index (χ3v) is 6.48. The van der Waals surface area contributed by atoms with E-state index in [1.54, 1.807) is 12.1 Å². The van der Waals surface area contributed by atoms with Crippen LogP contribution in [0.5, 0.6) is 0 Å². The van der Waals surface area contributed by atoms with Gasteiger partial charge in [-0.15, -0.1) is 0 Å². The number of aryl methyl sites for hydroxylation is 1. The minimum atomic E-state index is -3.79. The van der Waals surface area contributed by atoms with Crippen LogP contribution in [0, 0.1) is 6.92 Å². The highest BCUT2D eigenvalue weighted by Gasteiger charge is 2.16. The molecule has 0 saturated heterocycles. The summed E-state index contributed by atoms with van der Waals surface area (Å²) < 4.78 is 53.4. The van der Waals surface area contributed by atoms with Crippen LogP contribution in [-0.2, 0) is 24.8 Å². The molecule has 0 fully saturated rings. The van der Waals surface area contributed by atoms with Crippen LogP contribution in [0.4, 0.5) is 5.69 Å². The number of hydrogen-bond acceptors (Lipinski definition) is 5. The van der Waals surface area contributed by atoms with E-state index < -0.39 is 20.0 Å². The molecule has 0 aliphatic rings. The van der Waals surface area contributed by atoms with E-state index in [1.807, 2.05) is 6.92 Å². The minimum Gasteiger partial charge on any atom is -0.326 e. The fraction of sp³-hybridized carbons (Fsp3) is 0.235. The van der Waals surface area contributed by atoms with Gasteiger partial charge in [-0.2, -0.15) is 0 Å². The highest BCUT2D eigenvalue weighted by atomic mass is 32.2. The summed E-state index contributed by atoms with van der Waals surface area (Å²) >= 11 is 0. The zero-order valence-corrected chi connectivity index (χ0v) is 16.5. The van der Waals surface area contributed by atoms with Crippen molar-refractivity contribution in [2.24, 2.45) is 0 Å². The molecule has 146 valence electrons. The van der Waals surface area contributed by atoms with Crippen LogP contribution in [0.3, 0.4) is 0 Å². The molecular weight excluding hydrogens is 390 g/mol. The largest absolute Gasteiger partial charge is 0.326 e. The van der Waals surface area contributed by atoms with Gasteiger partial charge in [-0.1, -0.05) is 17.7 Å². The smallest absolute Gasteiger partial charge is 0.240 e. The topological polar surface area (TPSA) is 121 Å². The fourth-order valence-electron chi connectivity index (χ4n) is 2.18. The van der Waals surface area contributed by atoms with Gasteiger partial charge >= 0.3 is 0 Å². The minimum absolute atomic E-state index is 0.0120. The van der Waals surface area contributed by atoms with Gasteiger partial charge in [0.25, 0.3) is 0 Å². The van der Waals surface area contributed by atoms with Crippen molar-refractivity contribution in [1.82, 2.24) is 9.44 Å². The molecule has 0 saturated carbocycles. The summed E-state index contributed by atoms with van der Waals surface area (Å²) in [7, 11) is -7.49. The van der Waals surface area contributed by atoms with E-state index >= 15 is 0 Å². The van der Waals surface area contributed by atoms with Gasteiger partial charge in [0, 0.05) is 25.7 Å². The van der Waals surface area contributed by atoms with Crippen molar-refractivity contribution in [1.29, 1.82) is 0 Å². The summed E-state index contributed by atoms with van der Waals surface area (Å²) in [4.78, 5) is 11.1. The molecule has 0 spiro atoms.